The number of rotatable bonds is 7. The summed E-state index contributed by atoms with van der Waals surface area (Å²) in [6.07, 6.45) is 0. The summed E-state index contributed by atoms with van der Waals surface area (Å²) in [4.78, 5) is 34.5. The van der Waals surface area contributed by atoms with E-state index in [-0.39, 0.29) is 11.7 Å². The first-order valence-electron chi connectivity index (χ1n) is 7.02. The van der Waals surface area contributed by atoms with Crippen molar-refractivity contribution in [3.8, 4) is 0 Å². The van der Waals surface area contributed by atoms with E-state index >= 15 is 0 Å². The third-order valence-electron chi connectivity index (χ3n) is 3.15. The minimum absolute atomic E-state index is 0.254. The lowest BCUT2D eigenvalue weighted by Gasteiger charge is -2.19. The number of carboxylic acids is 1. The number of carbonyl (C=O) groups is 3. The maximum absolute atomic E-state index is 12.1. The van der Waals surface area contributed by atoms with Gasteiger partial charge in [0, 0.05) is 0 Å². The van der Waals surface area contributed by atoms with Gasteiger partial charge in [-0.2, -0.15) is 0 Å². The van der Waals surface area contributed by atoms with E-state index in [9.17, 15) is 14.4 Å². The number of nitrogens with zero attached hydrogens (tertiary/aromatic N) is 4. The average Bonchev–Trinajstić information content (AvgIpc) is 2.95. The molecule has 2 amide bonds. The zero-order valence-corrected chi connectivity index (χ0v) is 13.3. The number of hydrogen-bond donors (Lipinski definition) is 4. The third kappa shape index (κ3) is 4.71. The van der Waals surface area contributed by atoms with Crippen LogP contribution in [0.15, 0.2) is 0 Å². The second-order valence-corrected chi connectivity index (χ2v) is 5.25. The van der Waals surface area contributed by atoms with Crippen LogP contribution in [0.2, 0.25) is 0 Å². The Kier molecular flexibility index (Phi) is 6.13. The maximum atomic E-state index is 12.1. The summed E-state index contributed by atoms with van der Waals surface area (Å²) in [6, 6.07) is -3.16. The molecular weight excluding hydrogens is 306 g/mol. The number of aliphatic carboxylic acids is 1. The van der Waals surface area contributed by atoms with Gasteiger partial charge >= 0.3 is 5.97 Å². The number of aromatic nitrogens is 4. The van der Waals surface area contributed by atoms with Crippen LogP contribution in [-0.4, -0.2) is 55.2 Å². The number of nitrogens with one attached hydrogen (secondary N) is 2. The summed E-state index contributed by atoms with van der Waals surface area (Å²) >= 11 is 0. The molecule has 1 rings (SSSR count). The third-order valence-corrected chi connectivity index (χ3v) is 3.15. The van der Waals surface area contributed by atoms with E-state index < -0.39 is 36.0 Å². The summed E-state index contributed by atoms with van der Waals surface area (Å²) in [7, 11) is 0. The lowest BCUT2D eigenvalue weighted by atomic mass is 10.2. The minimum atomic E-state index is -1.15. The molecule has 11 heteroatoms. The van der Waals surface area contributed by atoms with Crippen LogP contribution in [0.25, 0.3) is 0 Å². The highest BCUT2D eigenvalue weighted by molar-refractivity contribution is 5.85. The lowest BCUT2D eigenvalue weighted by Crippen LogP contribution is -2.43. The summed E-state index contributed by atoms with van der Waals surface area (Å²) in [5.74, 6) is -1.84. The van der Waals surface area contributed by atoms with Crippen molar-refractivity contribution in [2.45, 2.75) is 51.9 Å². The molecule has 1 aromatic rings. The molecular formula is C12H21N7O4. The van der Waals surface area contributed by atoms with Gasteiger partial charge in [0.15, 0.2) is 5.82 Å². The van der Waals surface area contributed by atoms with E-state index in [4.69, 9.17) is 10.8 Å². The molecule has 1 heterocycles. The van der Waals surface area contributed by atoms with Crippen molar-refractivity contribution in [1.29, 1.82) is 0 Å². The molecule has 23 heavy (non-hydrogen) atoms. The molecule has 0 aliphatic carbocycles. The Morgan fingerprint density at radius 3 is 2.26 bits per heavy atom. The predicted octanol–water partition coefficient (Wildman–Crippen LogP) is -1.65. The highest BCUT2D eigenvalue weighted by Gasteiger charge is 2.26. The highest BCUT2D eigenvalue weighted by Crippen LogP contribution is 2.13. The van der Waals surface area contributed by atoms with Crippen LogP contribution in [0.1, 0.15) is 45.6 Å². The number of carboxylic acid groups (broad SMARTS) is 1. The van der Waals surface area contributed by atoms with Crippen molar-refractivity contribution in [3.63, 3.8) is 0 Å². The molecule has 128 valence electrons. The molecule has 1 aromatic heterocycles. The monoisotopic (exact) mass is 327 g/mol. The van der Waals surface area contributed by atoms with E-state index in [0.29, 0.717) is 0 Å². The van der Waals surface area contributed by atoms with Crippen molar-refractivity contribution in [2.24, 2.45) is 5.73 Å². The Morgan fingerprint density at radius 1 is 1.13 bits per heavy atom. The van der Waals surface area contributed by atoms with Crippen molar-refractivity contribution in [2.75, 3.05) is 0 Å². The van der Waals surface area contributed by atoms with Crippen molar-refractivity contribution < 1.29 is 19.5 Å². The number of nitrogens with two attached hydrogens (primary N) is 1. The lowest BCUT2D eigenvalue weighted by molar-refractivity contribution is -0.141. The van der Waals surface area contributed by atoms with Crippen molar-refractivity contribution >= 4 is 17.8 Å². The second-order valence-electron chi connectivity index (χ2n) is 5.25. The van der Waals surface area contributed by atoms with Gasteiger partial charge in [0.2, 0.25) is 11.8 Å². The topological polar surface area (TPSA) is 165 Å². The molecule has 0 saturated carbocycles. The van der Waals surface area contributed by atoms with Crippen LogP contribution in [0.3, 0.4) is 0 Å². The van der Waals surface area contributed by atoms with Crippen LogP contribution in [0, 0.1) is 0 Å². The normalized spacial score (nSPS) is 16.0. The van der Waals surface area contributed by atoms with Gasteiger partial charge in [-0.3, -0.25) is 14.4 Å². The van der Waals surface area contributed by atoms with E-state index in [1.807, 2.05) is 0 Å². The van der Waals surface area contributed by atoms with E-state index in [0.717, 1.165) is 0 Å². The fourth-order valence-corrected chi connectivity index (χ4v) is 1.68. The van der Waals surface area contributed by atoms with E-state index in [1.165, 1.54) is 25.5 Å². The van der Waals surface area contributed by atoms with Gasteiger partial charge in [-0.1, -0.05) is 0 Å². The molecule has 11 nitrogen and oxygen atoms in total. The zero-order valence-electron chi connectivity index (χ0n) is 13.3. The summed E-state index contributed by atoms with van der Waals surface area (Å²) < 4.78 is 1.22. The number of tetrazole rings is 1. The fraction of sp³-hybridized carbons (Fsp3) is 0.667. The van der Waals surface area contributed by atoms with E-state index in [2.05, 4.69) is 26.2 Å². The largest absolute Gasteiger partial charge is 0.480 e. The van der Waals surface area contributed by atoms with Crippen molar-refractivity contribution in [3.05, 3.63) is 5.82 Å². The van der Waals surface area contributed by atoms with Crippen LogP contribution in [-0.2, 0) is 14.4 Å². The Balaban J connectivity index is 2.86. The van der Waals surface area contributed by atoms with Crippen molar-refractivity contribution in [1.82, 2.24) is 30.8 Å². The molecule has 0 bridgehead atoms. The molecule has 0 spiro atoms. The summed E-state index contributed by atoms with van der Waals surface area (Å²) in [5.41, 5.74) is 5.48. The minimum Gasteiger partial charge on any atom is -0.480 e. The molecule has 5 N–H and O–H groups in total. The standard InChI is InChI=1S/C12H21N7O4/c1-5(13)10(20)14-6(2)9-16-17-18-19(9)8(4)11(21)15-7(3)12(22)23/h5-8H,13H2,1-4H3,(H,14,20)(H,15,21)(H,22,23). The first-order valence-corrected chi connectivity index (χ1v) is 7.02. The summed E-state index contributed by atoms with van der Waals surface area (Å²) in [6.45, 7) is 6.05. The molecule has 4 atom stereocenters. The Morgan fingerprint density at radius 2 is 1.74 bits per heavy atom. The van der Waals surface area contributed by atoms with Gasteiger partial charge in [0.1, 0.15) is 12.1 Å². The van der Waals surface area contributed by atoms with Gasteiger partial charge < -0.3 is 21.5 Å². The van der Waals surface area contributed by atoms with Gasteiger partial charge in [-0.05, 0) is 38.1 Å². The average molecular weight is 327 g/mol. The van der Waals surface area contributed by atoms with Crippen LogP contribution in [0.4, 0.5) is 0 Å². The van der Waals surface area contributed by atoms with Gasteiger partial charge in [-0.15, -0.1) is 5.10 Å². The quantitative estimate of drug-likeness (QED) is 0.462. The van der Waals surface area contributed by atoms with Gasteiger partial charge in [-0.25, -0.2) is 4.68 Å². The number of hydrogen-bond acceptors (Lipinski definition) is 7. The van der Waals surface area contributed by atoms with Crippen LogP contribution >= 0.6 is 0 Å². The van der Waals surface area contributed by atoms with Crippen LogP contribution < -0.4 is 16.4 Å². The predicted molar refractivity (Wildman–Crippen MR) is 78.0 cm³/mol. The fourth-order valence-electron chi connectivity index (χ4n) is 1.68. The molecule has 0 aliphatic rings. The van der Waals surface area contributed by atoms with Gasteiger partial charge in [0.25, 0.3) is 0 Å². The molecule has 4 unspecified atom stereocenters. The number of amides is 2. The summed E-state index contributed by atoms with van der Waals surface area (Å²) in [5, 5.41) is 24.8. The van der Waals surface area contributed by atoms with Crippen LogP contribution in [0.5, 0.6) is 0 Å². The molecule has 0 saturated heterocycles. The van der Waals surface area contributed by atoms with Gasteiger partial charge in [0.05, 0.1) is 12.1 Å². The molecule has 0 aromatic carbocycles. The molecule has 0 aliphatic heterocycles. The first kappa shape index (κ1) is 18.5. The molecule has 0 fully saturated rings. The molecule has 0 radical (unpaired) electrons. The Labute approximate surface area is 132 Å². The zero-order chi connectivity index (χ0) is 17.7. The Hall–Kier alpha value is -2.56. The Bertz CT molecular complexity index is 586. The number of carbonyl (C=O) groups excluding carboxylic acids is 2. The SMILES string of the molecule is CC(N)C(=O)NC(C)c1nnnn1C(C)C(=O)NC(C)C(=O)O. The second kappa shape index (κ2) is 7.63. The highest BCUT2D eigenvalue weighted by atomic mass is 16.4. The first-order chi connectivity index (χ1) is 10.6. The smallest absolute Gasteiger partial charge is 0.325 e. The van der Waals surface area contributed by atoms with E-state index in [1.54, 1.807) is 6.92 Å². The maximum Gasteiger partial charge on any atom is 0.325 e.